The van der Waals surface area contributed by atoms with E-state index in [-0.39, 0.29) is 0 Å². The molecule has 0 bridgehead atoms. The molecule has 0 aliphatic heterocycles. The first-order valence-electron chi connectivity index (χ1n) is 9.21. The molecule has 1 heterocycles. The Kier molecular flexibility index (Phi) is 7.08. The van der Waals surface area contributed by atoms with Crippen LogP contribution in [0.1, 0.15) is 30.8 Å². The maximum atomic E-state index is 5.69. The van der Waals surface area contributed by atoms with E-state index in [9.17, 15) is 0 Å². The largest absolute Gasteiger partial charge is 0.490 e. The van der Waals surface area contributed by atoms with Gasteiger partial charge in [-0.1, -0.05) is 42.1 Å². The predicted molar refractivity (Wildman–Crippen MR) is 113 cm³/mol. The topological polar surface area (TPSA) is 61.5 Å². The molecule has 0 amide bonds. The standard InChI is InChI=1S/C21H24N4O2S/c1-4-26-18-12-11-17(13-19(18)27-5-2)15-22-25-20(23-24-21(25)28-3)14-16-9-7-6-8-10-16/h6-13,15H,4-5,14H2,1-3H3/b22-15-. The summed E-state index contributed by atoms with van der Waals surface area (Å²) in [7, 11) is 0. The van der Waals surface area contributed by atoms with Crippen molar-refractivity contribution in [3.05, 3.63) is 65.5 Å². The minimum Gasteiger partial charge on any atom is -0.490 e. The lowest BCUT2D eigenvalue weighted by Gasteiger charge is -2.11. The monoisotopic (exact) mass is 396 g/mol. The number of benzene rings is 2. The van der Waals surface area contributed by atoms with E-state index in [2.05, 4.69) is 27.4 Å². The smallest absolute Gasteiger partial charge is 0.211 e. The van der Waals surface area contributed by atoms with E-state index in [1.54, 1.807) is 10.9 Å². The van der Waals surface area contributed by atoms with Crippen LogP contribution in [0.3, 0.4) is 0 Å². The number of hydrogen-bond donors (Lipinski definition) is 0. The average Bonchev–Trinajstić information content (AvgIpc) is 3.10. The number of hydrogen-bond acceptors (Lipinski definition) is 6. The van der Waals surface area contributed by atoms with Gasteiger partial charge in [0.2, 0.25) is 5.16 Å². The van der Waals surface area contributed by atoms with Crippen molar-refractivity contribution in [2.24, 2.45) is 5.10 Å². The van der Waals surface area contributed by atoms with Crippen LogP contribution >= 0.6 is 11.8 Å². The van der Waals surface area contributed by atoms with Gasteiger partial charge in [0.1, 0.15) is 0 Å². The third-order valence-corrected chi connectivity index (χ3v) is 4.57. The lowest BCUT2D eigenvalue weighted by molar-refractivity contribution is 0.288. The predicted octanol–water partition coefficient (Wildman–Crippen LogP) is 4.27. The molecule has 0 N–H and O–H groups in total. The highest BCUT2D eigenvalue weighted by Gasteiger charge is 2.11. The molecule has 0 radical (unpaired) electrons. The molecule has 0 spiro atoms. The highest BCUT2D eigenvalue weighted by Crippen LogP contribution is 2.28. The number of rotatable bonds is 9. The zero-order valence-electron chi connectivity index (χ0n) is 16.3. The number of aromatic nitrogens is 3. The zero-order valence-corrected chi connectivity index (χ0v) is 17.1. The normalized spacial score (nSPS) is 11.1. The molecule has 7 heteroatoms. The SMILES string of the molecule is CCOc1ccc(/C=N\n2c(Cc3ccccc3)nnc2SC)cc1OCC. The molecule has 3 rings (SSSR count). The van der Waals surface area contributed by atoms with Gasteiger partial charge in [0, 0.05) is 6.42 Å². The van der Waals surface area contributed by atoms with Crippen LogP contribution in [0, 0.1) is 0 Å². The molecule has 0 saturated heterocycles. The minimum atomic E-state index is 0.573. The van der Waals surface area contributed by atoms with Gasteiger partial charge in [0.05, 0.1) is 19.4 Å². The van der Waals surface area contributed by atoms with Crippen molar-refractivity contribution in [2.45, 2.75) is 25.4 Å². The van der Waals surface area contributed by atoms with E-state index in [1.165, 1.54) is 17.3 Å². The van der Waals surface area contributed by atoms with E-state index in [1.807, 2.05) is 56.5 Å². The maximum Gasteiger partial charge on any atom is 0.211 e. The van der Waals surface area contributed by atoms with Gasteiger partial charge in [-0.3, -0.25) is 0 Å². The van der Waals surface area contributed by atoms with Gasteiger partial charge < -0.3 is 9.47 Å². The molecule has 1 aromatic heterocycles. The fourth-order valence-electron chi connectivity index (χ4n) is 2.70. The molecular weight excluding hydrogens is 372 g/mol. The molecule has 2 aromatic carbocycles. The van der Waals surface area contributed by atoms with E-state index < -0.39 is 0 Å². The van der Waals surface area contributed by atoms with Crippen LogP contribution in [-0.4, -0.2) is 40.6 Å². The minimum absolute atomic E-state index is 0.573. The molecule has 0 fully saturated rings. The number of nitrogens with zero attached hydrogens (tertiary/aromatic N) is 4. The van der Waals surface area contributed by atoms with Crippen molar-refractivity contribution in [1.82, 2.24) is 14.9 Å². The molecule has 28 heavy (non-hydrogen) atoms. The quantitative estimate of drug-likeness (QED) is 0.399. The fraction of sp³-hybridized carbons (Fsp3) is 0.286. The summed E-state index contributed by atoms with van der Waals surface area (Å²) in [5, 5.41) is 13.9. The van der Waals surface area contributed by atoms with Crippen LogP contribution < -0.4 is 9.47 Å². The first-order valence-corrected chi connectivity index (χ1v) is 10.4. The molecule has 0 atom stereocenters. The van der Waals surface area contributed by atoms with E-state index in [4.69, 9.17) is 9.47 Å². The Labute approximate surface area is 169 Å². The molecule has 0 unspecified atom stereocenters. The fourth-order valence-corrected chi connectivity index (χ4v) is 3.15. The van der Waals surface area contributed by atoms with E-state index in [0.717, 1.165) is 22.3 Å². The lowest BCUT2D eigenvalue weighted by atomic mass is 10.1. The van der Waals surface area contributed by atoms with Crippen LogP contribution in [-0.2, 0) is 6.42 Å². The van der Waals surface area contributed by atoms with E-state index in [0.29, 0.717) is 25.4 Å². The summed E-state index contributed by atoms with van der Waals surface area (Å²) in [5.74, 6) is 2.25. The van der Waals surface area contributed by atoms with Gasteiger partial charge in [-0.15, -0.1) is 10.2 Å². The molecule has 0 saturated carbocycles. The molecule has 0 aliphatic rings. The van der Waals surface area contributed by atoms with E-state index >= 15 is 0 Å². The van der Waals surface area contributed by atoms with Crippen LogP contribution in [0.4, 0.5) is 0 Å². The second-order valence-corrected chi connectivity index (χ2v) is 6.67. The van der Waals surface area contributed by atoms with Crippen LogP contribution in [0.2, 0.25) is 0 Å². The molecular formula is C21H24N4O2S. The van der Waals surface area contributed by atoms with Crippen LogP contribution in [0.5, 0.6) is 11.5 Å². The summed E-state index contributed by atoms with van der Waals surface area (Å²) in [4.78, 5) is 0. The highest BCUT2D eigenvalue weighted by molar-refractivity contribution is 7.98. The molecule has 6 nitrogen and oxygen atoms in total. The van der Waals surface area contributed by atoms with Crippen molar-refractivity contribution in [1.29, 1.82) is 0 Å². The van der Waals surface area contributed by atoms with Gasteiger partial charge in [0.25, 0.3) is 0 Å². The number of ether oxygens (including phenoxy) is 2. The second kappa shape index (κ2) is 9.94. The second-order valence-electron chi connectivity index (χ2n) is 5.89. The van der Waals surface area contributed by atoms with Crippen molar-refractivity contribution < 1.29 is 9.47 Å². The Morgan fingerprint density at radius 3 is 2.46 bits per heavy atom. The Morgan fingerprint density at radius 2 is 1.75 bits per heavy atom. The maximum absolute atomic E-state index is 5.69. The third kappa shape index (κ3) is 4.92. The highest BCUT2D eigenvalue weighted by atomic mass is 32.2. The van der Waals surface area contributed by atoms with Crippen LogP contribution in [0.25, 0.3) is 0 Å². The summed E-state index contributed by atoms with van der Waals surface area (Å²) >= 11 is 1.51. The molecule has 146 valence electrons. The van der Waals surface area contributed by atoms with Crippen LogP contribution in [0.15, 0.2) is 58.8 Å². The Hall–Kier alpha value is -2.80. The van der Waals surface area contributed by atoms with Crippen molar-refractivity contribution in [3.63, 3.8) is 0 Å². The van der Waals surface area contributed by atoms with Gasteiger partial charge in [-0.2, -0.15) is 9.78 Å². The molecule has 3 aromatic rings. The summed E-state index contributed by atoms with van der Waals surface area (Å²) in [6, 6.07) is 16.0. The summed E-state index contributed by atoms with van der Waals surface area (Å²) < 4.78 is 13.1. The Morgan fingerprint density at radius 1 is 1.00 bits per heavy atom. The Bertz CT molecular complexity index is 925. The Balaban J connectivity index is 1.87. The summed E-state index contributed by atoms with van der Waals surface area (Å²) in [5.41, 5.74) is 2.08. The summed E-state index contributed by atoms with van der Waals surface area (Å²) in [6.07, 6.45) is 4.42. The average molecular weight is 397 g/mol. The van der Waals surface area contributed by atoms with Gasteiger partial charge >= 0.3 is 0 Å². The van der Waals surface area contributed by atoms with Gasteiger partial charge in [-0.05, 0) is 49.4 Å². The van der Waals surface area contributed by atoms with Gasteiger partial charge in [-0.25, -0.2) is 0 Å². The summed E-state index contributed by atoms with van der Waals surface area (Å²) in [6.45, 7) is 5.07. The first kappa shape index (κ1) is 19.9. The van der Waals surface area contributed by atoms with Crippen molar-refractivity contribution in [2.75, 3.05) is 19.5 Å². The number of thioether (sulfide) groups is 1. The third-order valence-electron chi connectivity index (χ3n) is 3.95. The van der Waals surface area contributed by atoms with Crippen molar-refractivity contribution in [3.8, 4) is 11.5 Å². The first-order chi connectivity index (χ1) is 13.7. The van der Waals surface area contributed by atoms with Crippen molar-refractivity contribution >= 4 is 18.0 Å². The lowest BCUT2D eigenvalue weighted by Crippen LogP contribution is -2.02. The zero-order chi connectivity index (χ0) is 19.8. The van der Waals surface area contributed by atoms with Gasteiger partial charge in [0.15, 0.2) is 17.3 Å². The molecule has 0 aliphatic carbocycles.